The molecule has 2 aromatic rings. The lowest BCUT2D eigenvalue weighted by atomic mass is 9.78. The normalized spacial score (nSPS) is 20.2. The second-order valence-electron chi connectivity index (χ2n) is 9.46. The first kappa shape index (κ1) is 23.5. The van der Waals surface area contributed by atoms with Crippen molar-refractivity contribution >= 4 is 23.9 Å². The summed E-state index contributed by atoms with van der Waals surface area (Å²) < 4.78 is 45.9. The molecule has 3 saturated heterocycles. The second kappa shape index (κ2) is 8.77. The molecule has 0 atom stereocenters. The minimum Gasteiger partial charge on any atom is -0.377 e. The lowest BCUT2D eigenvalue weighted by Crippen LogP contribution is -2.45. The van der Waals surface area contributed by atoms with Gasteiger partial charge in [-0.1, -0.05) is 0 Å². The molecule has 5 rings (SSSR count). The van der Waals surface area contributed by atoms with Crippen molar-refractivity contribution in [2.75, 3.05) is 54.5 Å². The molecule has 188 valence electrons. The number of alkyl halides is 3. The number of anilines is 3. The molecule has 0 saturated carbocycles. The molecule has 3 fully saturated rings. The van der Waals surface area contributed by atoms with Gasteiger partial charge in [-0.15, -0.1) is 0 Å². The zero-order valence-corrected chi connectivity index (χ0v) is 19.3. The van der Waals surface area contributed by atoms with Crippen molar-refractivity contribution in [2.24, 2.45) is 12.5 Å². The molecule has 0 radical (unpaired) electrons. The fraction of sp³-hybridized carbons (Fsp3) is 0.591. The fourth-order valence-corrected chi connectivity index (χ4v) is 5.00. The monoisotopic (exact) mass is 492 g/mol. The van der Waals surface area contributed by atoms with E-state index in [2.05, 4.69) is 20.2 Å². The van der Waals surface area contributed by atoms with Crippen LogP contribution in [0.5, 0.6) is 0 Å². The molecular weight excluding hydrogens is 465 g/mol. The number of nitrogens with one attached hydrogen (secondary N) is 2. The Morgan fingerprint density at radius 1 is 1.17 bits per heavy atom. The number of piperidine rings is 1. The topological polar surface area (TPSA) is 112 Å². The van der Waals surface area contributed by atoms with Crippen LogP contribution in [0.15, 0.2) is 17.1 Å². The Kier molecular flexibility index (Phi) is 5.90. The minimum atomic E-state index is -4.50. The van der Waals surface area contributed by atoms with Crippen molar-refractivity contribution in [1.82, 2.24) is 19.5 Å². The van der Waals surface area contributed by atoms with Crippen LogP contribution in [0.1, 0.15) is 30.5 Å². The van der Waals surface area contributed by atoms with Gasteiger partial charge in [0.05, 0.1) is 24.8 Å². The molecule has 3 aliphatic rings. The number of halogens is 3. The lowest BCUT2D eigenvalue weighted by Gasteiger charge is -2.40. The van der Waals surface area contributed by atoms with Crippen LogP contribution in [-0.4, -0.2) is 71.2 Å². The van der Waals surface area contributed by atoms with Crippen molar-refractivity contribution in [3.63, 3.8) is 0 Å². The molecule has 35 heavy (non-hydrogen) atoms. The fourth-order valence-electron chi connectivity index (χ4n) is 5.00. The summed E-state index contributed by atoms with van der Waals surface area (Å²) in [5.74, 6) is 1.04. The highest BCUT2D eigenvalue weighted by atomic mass is 19.4. The van der Waals surface area contributed by atoms with Gasteiger partial charge in [0, 0.05) is 45.6 Å². The van der Waals surface area contributed by atoms with Crippen molar-refractivity contribution in [2.45, 2.75) is 31.5 Å². The van der Waals surface area contributed by atoms with E-state index in [9.17, 15) is 18.0 Å². The number of hydrogen-bond donors (Lipinski definition) is 2. The smallest absolute Gasteiger partial charge is 0.377 e. The zero-order valence-electron chi connectivity index (χ0n) is 19.3. The molecule has 0 amide bonds. The molecule has 1 spiro atoms. The molecule has 5 heterocycles. The molecule has 0 unspecified atom stereocenters. The van der Waals surface area contributed by atoms with Crippen LogP contribution in [-0.2, 0) is 18.0 Å². The largest absolute Gasteiger partial charge is 0.433 e. The number of aromatic nitrogens is 4. The average molecular weight is 493 g/mol. The number of ether oxygens (including phenoxy) is 1. The molecule has 13 heteroatoms. The van der Waals surface area contributed by atoms with Crippen LogP contribution >= 0.6 is 0 Å². The summed E-state index contributed by atoms with van der Waals surface area (Å²) >= 11 is 0. The van der Waals surface area contributed by atoms with Gasteiger partial charge in [-0.25, -0.2) is 9.97 Å². The molecule has 10 nitrogen and oxygen atoms in total. The van der Waals surface area contributed by atoms with Gasteiger partial charge in [-0.2, -0.15) is 18.2 Å². The number of hydrogen-bond acceptors (Lipinski definition) is 9. The van der Waals surface area contributed by atoms with Crippen LogP contribution in [0.2, 0.25) is 0 Å². The molecular formula is C22H27F3N8O2. The quantitative estimate of drug-likeness (QED) is 0.609. The zero-order chi connectivity index (χ0) is 24.8. The Morgan fingerprint density at radius 2 is 1.86 bits per heavy atom. The van der Waals surface area contributed by atoms with Crippen molar-refractivity contribution in [3.8, 4) is 0 Å². The van der Waals surface area contributed by atoms with Crippen molar-refractivity contribution in [3.05, 3.63) is 33.9 Å². The second-order valence-corrected chi connectivity index (χ2v) is 9.46. The summed E-state index contributed by atoms with van der Waals surface area (Å²) in [7, 11) is 1.65. The van der Waals surface area contributed by atoms with Gasteiger partial charge in [-0.05, 0) is 30.7 Å². The molecule has 3 aliphatic heterocycles. The van der Waals surface area contributed by atoms with E-state index in [0.717, 1.165) is 37.7 Å². The van der Waals surface area contributed by atoms with E-state index >= 15 is 0 Å². The van der Waals surface area contributed by atoms with Crippen LogP contribution in [0.25, 0.3) is 0 Å². The highest BCUT2D eigenvalue weighted by Gasteiger charge is 2.42. The Morgan fingerprint density at radius 3 is 2.46 bits per heavy atom. The lowest BCUT2D eigenvalue weighted by molar-refractivity contribution is -0.141. The van der Waals surface area contributed by atoms with Gasteiger partial charge in [0.1, 0.15) is 11.5 Å². The SMILES string of the molecule is Cn1c(N2CCC3(CCN(c4nccc(C(F)(F)F)n4)C3)CC2)nc(NC2COC2)c(C=N)c1=O. The summed E-state index contributed by atoms with van der Waals surface area (Å²) in [4.78, 5) is 29.3. The van der Waals surface area contributed by atoms with Crippen LogP contribution < -0.4 is 20.7 Å². The van der Waals surface area contributed by atoms with E-state index in [4.69, 9.17) is 15.1 Å². The van der Waals surface area contributed by atoms with Gasteiger partial charge in [-0.3, -0.25) is 9.36 Å². The van der Waals surface area contributed by atoms with Crippen LogP contribution in [0.3, 0.4) is 0 Å². The summed E-state index contributed by atoms with van der Waals surface area (Å²) in [5.41, 5.74) is -1.06. The first-order valence-corrected chi connectivity index (χ1v) is 11.5. The van der Waals surface area contributed by atoms with Crippen LogP contribution in [0, 0.1) is 10.8 Å². The molecule has 0 bridgehead atoms. The highest BCUT2D eigenvalue weighted by Crippen LogP contribution is 2.42. The van der Waals surface area contributed by atoms with E-state index < -0.39 is 11.9 Å². The van der Waals surface area contributed by atoms with Gasteiger partial charge >= 0.3 is 6.18 Å². The molecule has 2 aromatic heterocycles. The number of rotatable bonds is 5. The highest BCUT2D eigenvalue weighted by molar-refractivity contribution is 5.84. The van der Waals surface area contributed by atoms with E-state index in [1.54, 1.807) is 7.05 Å². The predicted octanol–water partition coefficient (Wildman–Crippen LogP) is 1.89. The van der Waals surface area contributed by atoms with E-state index in [1.165, 1.54) is 4.57 Å². The third-order valence-corrected chi connectivity index (χ3v) is 7.19. The summed E-state index contributed by atoms with van der Waals surface area (Å²) in [6.07, 6.45) is 0.136. The summed E-state index contributed by atoms with van der Waals surface area (Å²) in [6.45, 7) is 3.57. The van der Waals surface area contributed by atoms with E-state index in [1.807, 2.05) is 4.90 Å². The Bertz CT molecular complexity index is 1170. The maximum atomic E-state index is 13.1. The average Bonchev–Trinajstić information content (AvgIpc) is 3.22. The van der Waals surface area contributed by atoms with Crippen molar-refractivity contribution < 1.29 is 17.9 Å². The minimum absolute atomic E-state index is 0.0494. The van der Waals surface area contributed by atoms with E-state index in [0.29, 0.717) is 51.2 Å². The van der Waals surface area contributed by atoms with Crippen LogP contribution in [0.4, 0.5) is 30.9 Å². The van der Waals surface area contributed by atoms with E-state index in [-0.39, 0.29) is 28.5 Å². The van der Waals surface area contributed by atoms with Gasteiger partial charge in [0.2, 0.25) is 11.9 Å². The number of nitrogens with zero attached hydrogens (tertiary/aromatic N) is 6. The molecule has 2 N–H and O–H groups in total. The van der Waals surface area contributed by atoms with Crippen molar-refractivity contribution in [1.29, 1.82) is 5.41 Å². The Balaban J connectivity index is 1.30. The first-order valence-electron chi connectivity index (χ1n) is 11.5. The summed E-state index contributed by atoms with van der Waals surface area (Å²) in [6, 6.07) is 0.948. The van der Waals surface area contributed by atoms with Gasteiger partial charge in [0.25, 0.3) is 5.56 Å². The summed E-state index contributed by atoms with van der Waals surface area (Å²) in [5, 5.41) is 10.9. The van der Waals surface area contributed by atoms with Gasteiger partial charge in [0.15, 0.2) is 0 Å². The maximum Gasteiger partial charge on any atom is 0.433 e. The Labute approximate surface area is 199 Å². The third-order valence-electron chi connectivity index (χ3n) is 7.19. The maximum absolute atomic E-state index is 13.1. The molecule has 0 aliphatic carbocycles. The predicted molar refractivity (Wildman–Crippen MR) is 123 cm³/mol. The third kappa shape index (κ3) is 4.44. The van der Waals surface area contributed by atoms with Gasteiger partial charge < -0.3 is 25.3 Å². The first-order chi connectivity index (χ1) is 16.7. The standard InChI is InChI=1S/C22H27F3N8O2/c1-31-18(34)15(10-26)17(28-14-11-35-12-14)30-20(31)32-7-3-21(4-8-32)5-9-33(13-21)19-27-6-2-16(29-19)22(23,24)25/h2,6,10,14,26,28H,3-5,7-9,11-13H2,1H3. The Hall–Kier alpha value is -3.22. The molecule has 0 aromatic carbocycles.